The van der Waals surface area contributed by atoms with E-state index in [1.807, 2.05) is 0 Å². The SMILES string of the molecule is O=C(Cc1ccc(C(F)(F)F)cc1)Nc1cc(CC(C(=O)O)C(=O)I)ccc1O. The molecule has 29 heavy (non-hydrogen) atoms. The van der Waals surface area contributed by atoms with Crippen molar-refractivity contribution in [1.29, 1.82) is 0 Å². The van der Waals surface area contributed by atoms with Gasteiger partial charge in [-0.25, -0.2) is 0 Å². The summed E-state index contributed by atoms with van der Waals surface area (Å²) in [6.45, 7) is 0. The van der Waals surface area contributed by atoms with Gasteiger partial charge in [0.25, 0.3) is 0 Å². The van der Waals surface area contributed by atoms with Crippen LogP contribution in [0.5, 0.6) is 5.75 Å². The van der Waals surface area contributed by atoms with E-state index in [1.165, 1.54) is 52.9 Å². The number of carboxylic acids is 1. The molecule has 0 radical (unpaired) electrons. The lowest BCUT2D eigenvalue weighted by atomic mass is 10.00. The molecule has 2 aromatic carbocycles. The first-order valence-corrected chi connectivity index (χ1v) is 9.25. The Labute approximate surface area is 176 Å². The van der Waals surface area contributed by atoms with Crippen molar-refractivity contribution in [3.05, 3.63) is 59.2 Å². The number of hydrogen-bond acceptors (Lipinski definition) is 4. The van der Waals surface area contributed by atoms with Gasteiger partial charge >= 0.3 is 12.1 Å². The summed E-state index contributed by atoms with van der Waals surface area (Å²) in [5.74, 6) is -3.42. The predicted octanol–water partition coefficient (Wildman–Crippen LogP) is 3.80. The number of phenols is 1. The van der Waals surface area contributed by atoms with E-state index in [0.29, 0.717) is 11.1 Å². The molecule has 2 aromatic rings. The minimum absolute atomic E-state index is 0.00413. The highest BCUT2D eigenvalue weighted by atomic mass is 127. The predicted molar refractivity (Wildman–Crippen MR) is 106 cm³/mol. The van der Waals surface area contributed by atoms with Crippen LogP contribution in [0.2, 0.25) is 0 Å². The molecule has 154 valence electrons. The van der Waals surface area contributed by atoms with E-state index < -0.39 is 33.3 Å². The second-order valence-corrected chi connectivity index (χ2v) is 7.23. The van der Waals surface area contributed by atoms with Gasteiger partial charge in [-0.3, -0.25) is 14.4 Å². The number of carboxylic acid groups (broad SMARTS) is 1. The topological polar surface area (TPSA) is 104 Å². The number of halogens is 4. The van der Waals surface area contributed by atoms with Gasteiger partial charge < -0.3 is 15.5 Å². The van der Waals surface area contributed by atoms with E-state index in [4.69, 9.17) is 5.11 Å². The third-order valence-corrected chi connectivity index (χ3v) is 4.74. The Kier molecular flexibility index (Phi) is 7.22. The van der Waals surface area contributed by atoms with Crippen LogP contribution in [0.4, 0.5) is 18.9 Å². The number of carbonyl (C=O) groups is 3. The largest absolute Gasteiger partial charge is 0.506 e. The Balaban J connectivity index is 2.10. The number of alkyl halides is 3. The smallest absolute Gasteiger partial charge is 0.416 e. The molecular weight excluding hydrogens is 506 g/mol. The third kappa shape index (κ3) is 6.44. The van der Waals surface area contributed by atoms with Crippen LogP contribution in [-0.2, 0) is 33.4 Å². The maximum atomic E-state index is 12.6. The number of benzene rings is 2. The summed E-state index contributed by atoms with van der Waals surface area (Å²) in [5, 5.41) is 21.4. The Bertz CT molecular complexity index is 914. The lowest BCUT2D eigenvalue weighted by molar-refractivity contribution is -0.144. The van der Waals surface area contributed by atoms with Gasteiger partial charge in [0.05, 0.1) is 17.7 Å². The van der Waals surface area contributed by atoms with Gasteiger partial charge in [-0.2, -0.15) is 13.2 Å². The average molecular weight is 521 g/mol. The molecule has 1 unspecified atom stereocenters. The van der Waals surface area contributed by atoms with E-state index in [2.05, 4.69) is 5.32 Å². The van der Waals surface area contributed by atoms with Crippen molar-refractivity contribution in [3.8, 4) is 5.75 Å². The monoisotopic (exact) mass is 521 g/mol. The van der Waals surface area contributed by atoms with Crippen molar-refractivity contribution in [2.24, 2.45) is 5.92 Å². The van der Waals surface area contributed by atoms with Crippen LogP contribution in [0.15, 0.2) is 42.5 Å². The number of amides is 1. The zero-order valence-electron chi connectivity index (χ0n) is 14.7. The van der Waals surface area contributed by atoms with Crippen molar-refractivity contribution in [1.82, 2.24) is 0 Å². The van der Waals surface area contributed by atoms with Gasteiger partial charge in [-0.1, -0.05) is 18.2 Å². The molecule has 0 bridgehead atoms. The first kappa shape index (κ1) is 22.7. The first-order chi connectivity index (χ1) is 13.5. The lowest BCUT2D eigenvalue weighted by Gasteiger charge is -2.12. The molecule has 1 atom stereocenters. The van der Waals surface area contributed by atoms with Crippen LogP contribution in [-0.4, -0.2) is 25.9 Å². The number of phenolic OH excluding ortho intramolecular Hbond substituents is 1. The fourth-order valence-corrected chi connectivity index (χ4v) is 2.99. The molecule has 0 aromatic heterocycles. The summed E-state index contributed by atoms with van der Waals surface area (Å²) in [4.78, 5) is 34.7. The highest BCUT2D eigenvalue weighted by Crippen LogP contribution is 2.29. The molecule has 1 amide bonds. The van der Waals surface area contributed by atoms with E-state index in [-0.39, 0.29) is 24.3 Å². The molecule has 0 aliphatic rings. The van der Waals surface area contributed by atoms with Crippen molar-refractivity contribution < 1.29 is 37.8 Å². The molecular formula is C19H15F3INO5. The minimum Gasteiger partial charge on any atom is -0.506 e. The molecule has 0 heterocycles. The highest BCUT2D eigenvalue weighted by Gasteiger charge is 2.30. The standard InChI is InChI=1S/C19H15F3INO5/c20-19(21,22)12-4-1-10(2-5-12)9-16(26)24-14-8-11(3-6-15(14)25)7-13(17(23)27)18(28)29/h1-6,8,13,25H,7,9H2,(H,24,26)(H,28,29). The van der Waals surface area contributed by atoms with E-state index >= 15 is 0 Å². The molecule has 0 fully saturated rings. The van der Waals surface area contributed by atoms with E-state index in [1.54, 1.807) is 0 Å². The molecule has 0 saturated heterocycles. The number of aromatic hydroxyl groups is 1. The maximum absolute atomic E-state index is 12.6. The molecule has 0 saturated carbocycles. The summed E-state index contributed by atoms with van der Waals surface area (Å²) in [6.07, 6.45) is -4.83. The van der Waals surface area contributed by atoms with Crippen molar-refractivity contribution in [3.63, 3.8) is 0 Å². The van der Waals surface area contributed by atoms with E-state index in [9.17, 15) is 32.7 Å². The van der Waals surface area contributed by atoms with E-state index in [0.717, 1.165) is 12.1 Å². The Hall–Kier alpha value is -2.63. The first-order valence-electron chi connectivity index (χ1n) is 8.17. The second kappa shape index (κ2) is 9.25. The normalized spacial score (nSPS) is 12.3. The summed E-state index contributed by atoms with van der Waals surface area (Å²) >= 11 is 1.39. The average Bonchev–Trinajstić information content (AvgIpc) is 2.61. The number of nitrogens with one attached hydrogen (secondary N) is 1. The van der Waals surface area contributed by atoms with Crippen molar-refractivity contribution >= 4 is 43.9 Å². The van der Waals surface area contributed by atoms with Crippen LogP contribution in [0.25, 0.3) is 0 Å². The minimum atomic E-state index is -4.47. The highest BCUT2D eigenvalue weighted by molar-refractivity contribution is 14.1. The lowest BCUT2D eigenvalue weighted by Crippen LogP contribution is -2.22. The fourth-order valence-electron chi connectivity index (χ4n) is 2.50. The molecule has 2 rings (SSSR count). The number of aliphatic carboxylic acids is 1. The van der Waals surface area contributed by atoms with Crippen LogP contribution in [0, 0.1) is 5.92 Å². The number of anilines is 1. The molecule has 0 spiro atoms. The summed E-state index contributed by atoms with van der Waals surface area (Å²) in [6, 6.07) is 8.12. The summed E-state index contributed by atoms with van der Waals surface area (Å²) < 4.78 is 37.2. The van der Waals surface area contributed by atoms with Gasteiger partial charge in [-0.15, -0.1) is 0 Å². The second-order valence-electron chi connectivity index (χ2n) is 6.17. The van der Waals surface area contributed by atoms with Crippen LogP contribution >= 0.6 is 22.6 Å². The van der Waals surface area contributed by atoms with Gasteiger partial charge in [0.15, 0.2) is 0 Å². The quantitative estimate of drug-likeness (QED) is 0.223. The van der Waals surface area contributed by atoms with Gasteiger partial charge in [0, 0.05) is 22.6 Å². The molecule has 6 nitrogen and oxygen atoms in total. The molecule has 10 heteroatoms. The zero-order chi connectivity index (χ0) is 21.8. The van der Waals surface area contributed by atoms with Gasteiger partial charge in [-0.05, 0) is 41.8 Å². The number of rotatable bonds is 7. The Morgan fingerprint density at radius 2 is 1.62 bits per heavy atom. The van der Waals surface area contributed by atoms with Crippen LogP contribution in [0.1, 0.15) is 16.7 Å². The Morgan fingerprint density at radius 1 is 1.03 bits per heavy atom. The maximum Gasteiger partial charge on any atom is 0.416 e. The zero-order valence-corrected chi connectivity index (χ0v) is 16.8. The third-order valence-electron chi connectivity index (χ3n) is 3.99. The van der Waals surface area contributed by atoms with Crippen molar-refractivity contribution in [2.75, 3.05) is 5.32 Å². The molecule has 3 N–H and O–H groups in total. The molecule has 0 aliphatic carbocycles. The van der Waals surface area contributed by atoms with Crippen molar-refractivity contribution in [2.45, 2.75) is 19.0 Å². The van der Waals surface area contributed by atoms with Crippen LogP contribution in [0.3, 0.4) is 0 Å². The molecule has 0 aliphatic heterocycles. The summed E-state index contributed by atoms with van der Waals surface area (Å²) in [5.41, 5.74) is -0.0769. The van der Waals surface area contributed by atoms with Crippen LogP contribution < -0.4 is 5.32 Å². The van der Waals surface area contributed by atoms with Gasteiger partial charge in [0.1, 0.15) is 11.7 Å². The van der Waals surface area contributed by atoms with Gasteiger partial charge in [0.2, 0.25) is 9.70 Å². The number of hydrogen-bond donors (Lipinski definition) is 3. The summed E-state index contributed by atoms with van der Waals surface area (Å²) in [7, 11) is 0. The number of carbonyl (C=O) groups excluding carboxylic acids is 2. The Morgan fingerprint density at radius 3 is 2.14 bits per heavy atom. The fraction of sp³-hybridized carbons (Fsp3) is 0.211.